The van der Waals surface area contributed by atoms with Gasteiger partial charge in [0.1, 0.15) is 11.9 Å². The van der Waals surface area contributed by atoms with Crippen LogP contribution in [0, 0.1) is 5.82 Å². The van der Waals surface area contributed by atoms with Gasteiger partial charge in [-0.1, -0.05) is 12.5 Å². The zero-order chi connectivity index (χ0) is 14.8. The Bertz CT molecular complexity index is 528. The molecule has 0 bridgehead atoms. The van der Waals surface area contributed by atoms with Crippen molar-refractivity contribution < 1.29 is 9.18 Å². The minimum atomic E-state index is -0.375. The molecule has 0 spiro atoms. The highest BCUT2D eigenvalue weighted by atomic mass is 19.1. The van der Waals surface area contributed by atoms with Crippen molar-refractivity contribution in [3.63, 3.8) is 0 Å². The number of fused-ring (bicyclic) bond motifs is 1. The predicted octanol–water partition coefficient (Wildman–Crippen LogP) is 2.28. The van der Waals surface area contributed by atoms with Gasteiger partial charge in [0, 0.05) is 23.8 Å². The average Bonchev–Trinajstić information content (AvgIpc) is 2.75. The van der Waals surface area contributed by atoms with E-state index in [2.05, 4.69) is 22.5 Å². The number of amides is 1. The molecule has 3 rings (SSSR count). The Kier molecular flexibility index (Phi) is 4.22. The topological polar surface area (TPSA) is 44.4 Å². The van der Waals surface area contributed by atoms with Crippen LogP contribution in [0.15, 0.2) is 18.2 Å². The molecule has 0 aliphatic carbocycles. The first-order chi connectivity index (χ1) is 10.1. The molecule has 0 saturated carbocycles. The van der Waals surface area contributed by atoms with Gasteiger partial charge in [0.15, 0.2) is 0 Å². The van der Waals surface area contributed by atoms with Gasteiger partial charge in [-0.2, -0.15) is 0 Å². The number of piperidine rings is 1. The molecule has 2 N–H and O–H groups in total. The molecule has 5 heteroatoms. The summed E-state index contributed by atoms with van der Waals surface area (Å²) in [6.45, 7) is 5.33. The Labute approximate surface area is 124 Å². The second-order valence-electron chi connectivity index (χ2n) is 6.08. The minimum Gasteiger partial charge on any atom is -0.324 e. The highest BCUT2D eigenvalue weighted by Gasteiger charge is 2.31. The molecule has 1 fully saturated rings. The first kappa shape index (κ1) is 14.5. The SMILES string of the molecule is CC(CN1CCCCC1)NC1C(=O)Nc2cc(F)ccc21. The lowest BCUT2D eigenvalue weighted by molar-refractivity contribution is -0.117. The maximum atomic E-state index is 13.2. The normalized spacial score (nSPS) is 23.7. The standard InChI is InChI=1S/C16H22FN3O/c1-11(10-20-7-3-2-4-8-20)18-15-13-6-5-12(17)9-14(13)19-16(15)21/h5-6,9,11,15,18H,2-4,7-8,10H2,1H3,(H,19,21). The smallest absolute Gasteiger partial charge is 0.246 e. The quantitative estimate of drug-likeness (QED) is 0.894. The molecule has 21 heavy (non-hydrogen) atoms. The van der Waals surface area contributed by atoms with Crippen molar-refractivity contribution >= 4 is 11.6 Å². The third-order valence-electron chi connectivity index (χ3n) is 4.28. The number of anilines is 1. The van der Waals surface area contributed by atoms with Gasteiger partial charge >= 0.3 is 0 Å². The van der Waals surface area contributed by atoms with Crippen molar-refractivity contribution in [3.05, 3.63) is 29.6 Å². The second kappa shape index (κ2) is 6.12. The summed E-state index contributed by atoms with van der Waals surface area (Å²) in [4.78, 5) is 14.5. The number of carbonyl (C=O) groups is 1. The molecule has 2 aliphatic rings. The Morgan fingerprint density at radius 3 is 2.90 bits per heavy atom. The highest BCUT2D eigenvalue weighted by molar-refractivity contribution is 6.02. The number of carbonyl (C=O) groups excluding carboxylic acids is 1. The van der Waals surface area contributed by atoms with E-state index in [1.807, 2.05) is 0 Å². The zero-order valence-corrected chi connectivity index (χ0v) is 12.4. The van der Waals surface area contributed by atoms with E-state index in [9.17, 15) is 9.18 Å². The van der Waals surface area contributed by atoms with E-state index >= 15 is 0 Å². The van der Waals surface area contributed by atoms with Crippen LogP contribution in [0.4, 0.5) is 10.1 Å². The molecule has 114 valence electrons. The molecule has 2 unspecified atom stereocenters. The molecule has 2 atom stereocenters. The fourth-order valence-electron chi connectivity index (χ4n) is 3.27. The van der Waals surface area contributed by atoms with Crippen LogP contribution in [0.25, 0.3) is 0 Å². The number of rotatable bonds is 4. The number of likely N-dealkylation sites (tertiary alicyclic amines) is 1. The van der Waals surface area contributed by atoms with E-state index in [1.165, 1.54) is 31.4 Å². The van der Waals surface area contributed by atoms with Crippen molar-refractivity contribution in [2.75, 3.05) is 25.0 Å². The molecule has 0 aromatic heterocycles. The van der Waals surface area contributed by atoms with E-state index in [1.54, 1.807) is 6.07 Å². The summed E-state index contributed by atoms with van der Waals surface area (Å²) in [5.74, 6) is -0.419. The van der Waals surface area contributed by atoms with E-state index in [-0.39, 0.29) is 23.8 Å². The van der Waals surface area contributed by atoms with Crippen molar-refractivity contribution in [2.45, 2.75) is 38.3 Å². The van der Waals surface area contributed by atoms with Gasteiger partial charge in [0.2, 0.25) is 5.91 Å². The van der Waals surface area contributed by atoms with E-state index in [0.717, 1.165) is 25.2 Å². The molecule has 1 amide bonds. The van der Waals surface area contributed by atoms with E-state index in [0.29, 0.717) is 5.69 Å². The fraction of sp³-hybridized carbons (Fsp3) is 0.562. The number of nitrogens with one attached hydrogen (secondary N) is 2. The van der Waals surface area contributed by atoms with Crippen molar-refractivity contribution in [1.29, 1.82) is 0 Å². The lowest BCUT2D eigenvalue weighted by Crippen LogP contribution is -2.44. The summed E-state index contributed by atoms with van der Waals surface area (Å²) in [6.07, 6.45) is 3.85. The second-order valence-corrected chi connectivity index (χ2v) is 6.08. The summed E-state index contributed by atoms with van der Waals surface area (Å²) >= 11 is 0. The van der Waals surface area contributed by atoms with Crippen LogP contribution in [0.1, 0.15) is 37.8 Å². The lowest BCUT2D eigenvalue weighted by atomic mass is 10.1. The largest absolute Gasteiger partial charge is 0.324 e. The summed E-state index contributed by atoms with van der Waals surface area (Å²) in [6, 6.07) is 4.32. The van der Waals surface area contributed by atoms with Crippen LogP contribution < -0.4 is 10.6 Å². The Morgan fingerprint density at radius 2 is 2.14 bits per heavy atom. The Morgan fingerprint density at radius 1 is 1.38 bits per heavy atom. The third kappa shape index (κ3) is 3.24. The van der Waals surface area contributed by atoms with Crippen LogP contribution in [-0.2, 0) is 4.79 Å². The van der Waals surface area contributed by atoms with Gasteiger partial charge in [-0.15, -0.1) is 0 Å². The van der Waals surface area contributed by atoms with Gasteiger partial charge in [-0.25, -0.2) is 4.39 Å². The van der Waals surface area contributed by atoms with Gasteiger partial charge in [0.25, 0.3) is 0 Å². The maximum absolute atomic E-state index is 13.2. The monoisotopic (exact) mass is 291 g/mol. The third-order valence-corrected chi connectivity index (χ3v) is 4.28. The molecule has 2 aliphatic heterocycles. The summed E-state index contributed by atoms with van der Waals surface area (Å²) < 4.78 is 13.2. The van der Waals surface area contributed by atoms with Gasteiger partial charge < -0.3 is 10.2 Å². The molecule has 4 nitrogen and oxygen atoms in total. The minimum absolute atomic E-state index is 0.0962. The first-order valence-electron chi connectivity index (χ1n) is 7.72. The van der Waals surface area contributed by atoms with Crippen LogP contribution in [-0.4, -0.2) is 36.5 Å². The molecule has 0 radical (unpaired) electrons. The van der Waals surface area contributed by atoms with Gasteiger partial charge in [-0.3, -0.25) is 10.1 Å². The first-order valence-corrected chi connectivity index (χ1v) is 7.72. The molecule has 1 aromatic rings. The van der Waals surface area contributed by atoms with Crippen molar-refractivity contribution in [1.82, 2.24) is 10.2 Å². The number of halogens is 1. The molecule has 2 heterocycles. The van der Waals surface area contributed by atoms with Crippen molar-refractivity contribution in [2.24, 2.45) is 0 Å². The van der Waals surface area contributed by atoms with Gasteiger partial charge in [-0.05, 0) is 45.0 Å². The van der Waals surface area contributed by atoms with E-state index in [4.69, 9.17) is 0 Å². The lowest BCUT2D eigenvalue weighted by Gasteiger charge is -2.30. The highest BCUT2D eigenvalue weighted by Crippen LogP contribution is 2.31. The maximum Gasteiger partial charge on any atom is 0.246 e. The average molecular weight is 291 g/mol. The van der Waals surface area contributed by atoms with Crippen molar-refractivity contribution in [3.8, 4) is 0 Å². The number of hydrogen-bond donors (Lipinski definition) is 2. The van der Waals surface area contributed by atoms with Crippen LogP contribution in [0.3, 0.4) is 0 Å². The molecule has 1 aromatic carbocycles. The number of benzene rings is 1. The van der Waals surface area contributed by atoms with Crippen LogP contribution in [0.2, 0.25) is 0 Å². The summed E-state index contributed by atoms with van der Waals surface area (Å²) in [7, 11) is 0. The van der Waals surface area contributed by atoms with Gasteiger partial charge in [0.05, 0.1) is 0 Å². The molecule has 1 saturated heterocycles. The van der Waals surface area contributed by atoms with E-state index < -0.39 is 0 Å². The number of nitrogens with zero attached hydrogens (tertiary/aromatic N) is 1. The van der Waals surface area contributed by atoms with Crippen LogP contribution in [0.5, 0.6) is 0 Å². The summed E-state index contributed by atoms with van der Waals surface area (Å²) in [5, 5.41) is 6.12. The molecular formula is C16H22FN3O. The number of hydrogen-bond acceptors (Lipinski definition) is 3. The van der Waals surface area contributed by atoms with Crippen LogP contribution >= 0.6 is 0 Å². The Balaban J connectivity index is 1.63. The Hall–Kier alpha value is -1.46. The predicted molar refractivity (Wildman–Crippen MR) is 80.7 cm³/mol. The molecular weight excluding hydrogens is 269 g/mol. The fourth-order valence-corrected chi connectivity index (χ4v) is 3.27. The zero-order valence-electron chi connectivity index (χ0n) is 12.4. The summed E-state index contributed by atoms with van der Waals surface area (Å²) in [5.41, 5.74) is 1.43.